The lowest BCUT2D eigenvalue weighted by molar-refractivity contribution is 0.450. The number of nitriles is 1. The summed E-state index contributed by atoms with van der Waals surface area (Å²) in [5.41, 5.74) is 1.03. The molecule has 1 aliphatic rings. The molecule has 1 aliphatic heterocycles. The van der Waals surface area contributed by atoms with Crippen molar-refractivity contribution in [3.8, 4) is 6.19 Å². The maximum absolute atomic E-state index is 13.7. The Morgan fingerprint density at radius 3 is 2.85 bits per heavy atom. The van der Waals surface area contributed by atoms with E-state index in [1.807, 2.05) is 13.1 Å². The molecule has 7 heteroatoms. The van der Waals surface area contributed by atoms with Gasteiger partial charge in [0.05, 0.1) is 11.4 Å². The highest BCUT2D eigenvalue weighted by Crippen LogP contribution is 2.21. The Bertz CT molecular complexity index is 640. The van der Waals surface area contributed by atoms with Gasteiger partial charge in [0.25, 0.3) is 0 Å². The topological polar surface area (TPSA) is 64.4 Å². The number of rotatable bonds is 4. The minimum Gasteiger partial charge on any atom is -0.275 e. The van der Waals surface area contributed by atoms with Gasteiger partial charge in [-0.25, -0.2) is 17.1 Å². The molecule has 0 aliphatic carbocycles. The van der Waals surface area contributed by atoms with Crippen LogP contribution in [-0.2, 0) is 10.0 Å². The Labute approximate surface area is 118 Å². The van der Waals surface area contributed by atoms with Gasteiger partial charge in [-0.3, -0.25) is 4.90 Å². The van der Waals surface area contributed by atoms with Crippen molar-refractivity contribution in [2.45, 2.75) is 13.3 Å². The maximum atomic E-state index is 13.7. The molecule has 1 aromatic carbocycles. The summed E-state index contributed by atoms with van der Waals surface area (Å²) in [5, 5.41) is 9.14. The van der Waals surface area contributed by atoms with Crippen molar-refractivity contribution in [1.29, 1.82) is 5.26 Å². The molecule has 1 heterocycles. The predicted octanol–water partition coefficient (Wildman–Crippen LogP) is 1.46. The second-order valence-corrected chi connectivity index (χ2v) is 6.86. The minimum atomic E-state index is -3.19. The lowest BCUT2D eigenvalue weighted by Gasteiger charge is -2.20. The predicted molar refractivity (Wildman–Crippen MR) is 74.1 cm³/mol. The number of anilines is 1. The van der Waals surface area contributed by atoms with Gasteiger partial charge in [-0.05, 0) is 31.0 Å². The average molecular weight is 297 g/mol. The van der Waals surface area contributed by atoms with Crippen molar-refractivity contribution < 1.29 is 12.8 Å². The van der Waals surface area contributed by atoms with E-state index in [0.717, 1.165) is 5.56 Å². The summed E-state index contributed by atoms with van der Waals surface area (Å²) in [7, 11) is -3.19. The highest BCUT2D eigenvalue weighted by Gasteiger charge is 2.28. The average Bonchev–Trinajstić information content (AvgIpc) is 2.73. The fourth-order valence-electron chi connectivity index (χ4n) is 2.21. The van der Waals surface area contributed by atoms with Crippen LogP contribution in [0.5, 0.6) is 0 Å². The number of aryl methyl sites for hydroxylation is 1. The van der Waals surface area contributed by atoms with Crippen LogP contribution in [0.1, 0.15) is 12.0 Å². The highest BCUT2D eigenvalue weighted by molar-refractivity contribution is 7.89. The monoisotopic (exact) mass is 297 g/mol. The van der Waals surface area contributed by atoms with Gasteiger partial charge in [0.1, 0.15) is 5.82 Å². The Morgan fingerprint density at radius 2 is 2.25 bits per heavy atom. The van der Waals surface area contributed by atoms with Crippen LogP contribution < -0.4 is 4.90 Å². The standard InChI is InChI=1S/C13H16FN3O2S/c1-11-3-4-12(14)13(9-11)16(10-15)6-7-17-5-2-8-20(17,18)19/h3-4,9H,2,5-8H2,1H3. The van der Waals surface area contributed by atoms with Crippen LogP contribution in [0.2, 0.25) is 0 Å². The second kappa shape index (κ2) is 5.77. The van der Waals surface area contributed by atoms with E-state index in [-0.39, 0.29) is 24.5 Å². The Balaban J connectivity index is 2.10. The van der Waals surface area contributed by atoms with Gasteiger partial charge in [-0.2, -0.15) is 5.26 Å². The summed E-state index contributed by atoms with van der Waals surface area (Å²) in [6.45, 7) is 2.63. The summed E-state index contributed by atoms with van der Waals surface area (Å²) >= 11 is 0. The fourth-order valence-corrected chi connectivity index (χ4v) is 3.73. The molecular formula is C13H16FN3O2S. The first-order chi connectivity index (χ1) is 9.44. The number of benzene rings is 1. The SMILES string of the molecule is Cc1ccc(F)c(N(C#N)CCN2CCCS2(=O)=O)c1. The number of nitrogens with zero attached hydrogens (tertiary/aromatic N) is 3. The van der Waals surface area contributed by atoms with Crippen molar-refractivity contribution in [3.05, 3.63) is 29.6 Å². The number of halogens is 1. The van der Waals surface area contributed by atoms with Crippen LogP contribution in [0.15, 0.2) is 18.2 Å². The molecule has 0 atom stereocenters. The summed E-state index contributed by atoms with van der Waals surface area (Å²) < 4.78 is 38.4. The van der Waals surface area contributed by atoms with Gasteiger partial charge >= 0.3 is 0 Å². The highest BCUT2D eigenvalue weighted by atomic mass is 32.2. The molecule has 0 bridgehead atoms. The Hall–Kier alpha value is -1.65. The zero-order chi connectivity index (χ0) is 14.8. The van der Waals surface area contributed by atoms with Gasteiger partial charge in [0, 0.05) is 19.6 Å². The molecule has 5 nitrogen and oxygen atoms in total. The minimum absolute atomic E-state index is 0.149. The molecule has 2 rings (SSSR count). The number of hydrogen-bond acceptors (Lipinski definition) is 4. The van der Waals surface area contributed by atoms with E-state index in [1.165, 1.54) is 15.3 Å². The normalized spacial score (nSPS) is 17.9. The second-order valence-electron chi connectivity index (χ2n) is 4.78. The molecule has 0 spiro atoms. The Kier molecular flexibility index (Phi) is 4.26. The zero-order valence-electron chi connectivity index (χ0n) is 11.2. The quantitative estimate of drug-likeness (QED) is 0.623. The molecule has 0 unspecified atom stereocenters. The van der Waals surface area contributed by atoms with Gasteiger partial charge in [0.2, 0.25) is 10.0 Å². The molecule has 0 aromatic heterocycles. The van der Waals surface area contributed by atoms with Gasteiger partial charge in [-0.15, -0.1) is 0 Å². The number of hydrogen-bond donors (Lipinski definition) is 0. The third kappa shape index (κ3) is 3.08. The van der Waals surface area contributed by atoms with E-state index in [1.54, 1.807) is 12.1 Å². The van der Waals surface area contributed by atoms with E-state index in [9.17, 15) is 12.8 Å². The van der Waals surface area contributed by atoms with Gasteiger partial charge in [0.15, 0.2) is 6.19 Å². The van der Waals surface area contributed by atoms with Crippen molar-refractivity contribution in [2.24, 2.45) is 0 Å². The first-order valence-electron chi connectivity index (χ1n) is 6.35. The summed E-state index contributed by atoms with van der Waals surface area (Å²) in [5.74, 6) is -0.334. The van der Waals surface area contributed by atoms with E-state index >= 15 is 0 Å². The molecule has 0 radical (unpaired) electrons. The molecule has 108 valence electrons. The summed E-state index contributed by atoms with van der Waals surface area (Å²) in [4.78, 5) is 1.19. The van der Waals surface area contributed by atoms with Gasteiger partial charge < -0.3 is 0 Å². The molecule has 1 saturated heterocycles. The van der Waals surface area contributed by atoms with Crippen molar-refractivity contribution in [3.63, 3.8) is 0 Å². The van der Waals surface area contributed by atoms with E-state index in [0.29, 0.717) is 13.0 Å². The molecular weight excluding hydrogens is 281 g/mol. The largest absolute Gasteiger partial charge is 0.275 e. The first kappa shape index (κ1) is 14.8. The molecule has 1 fully saturated rings. The lowest BCUT2D eigenvalue weighted by Crippen LogP contribution is -2.34. The van der Waals surface area contributed by atoms with Crippen LogP contribution in [-0.4, -0.2) is 38.1 Å². The zero-order valence-corrected chi connectivity index (χ0v) is 12.0. The fraction of sp³-hybridized carbons (Fsp3) is 0.462. The van der Waals surface area contributed by atoms with Crippen LogP contribution in [0, 0.1) is 24.2 Å². The lowest BCUT2D eigenvalue weighted by atomic mass is 10.2. The van der Waals surface area contributed by atoms with Crippen LogP contribution in [0.25, 0.3) is 0 Å². The van der Waals surface area contributed by atoms with Crippen LogP contribution >= 0.6 is 0 Å². The van der Waals surface area contributed by atoms with E-state index < -0.39 is 15.8 Å². The molecule has 20 heavy (non-hydrogen) atoms. The molecule has 1 aromatic rings. The third-order valence-corrected chi connectivity index (χ3v) is 5.25. The summed E-state index contributed by atoms with van der Waals surface area (Å²) in [6.07, 6.45) is 2.51. The van der Waals surface area contributed by atoms with Crippen molar-refractivity contribution in [2.75, 3.05) is 30.3 Å². The van der Waals surface area contributed by atoms with Crippen molar-refractivity contribution in [1.82, 2.24) is 4.31 Å². The molecule has 0 saturated carbocycles. The van der Waals surface area contributed by atoms with Gasteiger partial charge in [-0.1, -0.05) is 6.07 Å². The Morgan fingerprint density at radius 1 is 1.50 bits per heavy atom. The first-order valence-corrected chi connectivity index (χ1v) is 7.96. The third-order valence-electron chi connectivity index (χ3n) is 3.29. The number of sulfonamides is 1. The smallest absolute Gasteiger partial charge is 0.214 e. The van der Waals surface area contributed by atoms with Crippen LogP contribution in [0.4, 0.5) is 10.1 Å². The van der Waals surface area contributed by atoms with Crippen LogP contribution in [0.3, 0.4) is 0 Å². The maximum Gasteiger partial charge on any atom is 0.214 e. The molecule has 0 N–H and O–H groups in total. The van der Waals surface area contributed by atoms with Crippen molar-refractivity contribution >= 4 is 15.7 Å². The van der Waals surface area contributed by atoms with E-state index in [4.69, 9.17) is 5.26 Å². The summed E-state index contributed by atoms with van der Waals surface area (Å²) in [6, 6.07) is 4.51. The molecule has 0 amide bonds. The van der Waals surface area contributed by atoms with E-state index in [2.05, 4.69) is 0 Å².